The van der Waals surface area contributed by atoms with Crippen molar-refractivity contribution in [2.24, 2.45) is 0 Å². The fourth-order valence-electron chi connectivity index (χ4n) is 5.07. The van der Waals surface area contributed by atoms with Crippen LogP contribution in [0.2, 0.25) is 5.02 Å². The highest BCUT2D eigenvalue weighted by Gasteiger charge is 2.24. The van der Waals surface area contributed by atoms with E-state index in [1.807, 2.05) is 24.3 Å². The lowest BCUT2D eigenvalue weighted by molar-refractivity contribution is 0.0955. The summed E-state index contributed by atoms with van der Waals surface area (Å²) in [6, 6.07) is 12.4. The van der Waals surface area contributed by atoms with E-state index in [0.717, 1.165) is 72.7 Å². The molecule has 0 atom stereocenters. The molecule has 1 amide bonds. The fraction of sp³-hybridized carbons (Fsp3) is 0.385. The maximum atomic E-state index is 13.2. The Hall–Kier alpha value is -2.48. The number of nitrogens with zero attached hydrogens (tertiary/aromatic N) is 1. The van der Waals surface area contributed by atoms with Crippen molar-refractivity contribution in [2.45, 2.75) is 62.3 Å². The van der Waals surface area contributed by atoms with Gasteiger partial charge in [0, 0.05) is 28.7 Å². The standard InChI is InChI=1S/C26H28ClN3O3S/c27-18-10-13-24-22(16-18)25(21-6-3-7-23(21)29-24)26(31)28-15-14-17-8-11-20(12-9-17)34(32,33)30-19-4-1-2-5-19/h8-13,16,19,30H,1-7,14-15H2,(H,28,31). The van der Waals surface area contributed by atoms with Gasteiger partial charge in [0.15, 0.2) is 0 Å². The second-order valence-electron chi connectivity index (χ2n) is 9.18. The summed E-state index contributed by atoms with van der Waals surface area (Å²) in [6.07, 6.45) is 7.29. The number of halogens is 1. The lowest BCUT2D eigenvalue weighted by Crippen LogP contribution is -2.32. The van der Waals surface area contributed by atoms with E-state index in [9.17, 15) is 13.2 Å². The Morgan fingerprint density at radius 3 is 2.56 bits per heavy atom. The molecule has 1 heterocycles. The van der Waals surface area contributed by atoms with Crippen molar-refractivity contribution in [3.05, 3.63) is 69.9 Å². The quantitative estimate of drug-likeness (QED) is 0.500. The summed E-state index contributed by atoms with van der Waals surface area (Å²) in [4.78, 5) is 18.2. The van der Waals surface area contributed by atoms with Crippen LogP contribution < -0.4 is 10.0 Å². The predicted molar refractivity (Wildman–Crippen MR) is 134 cm³/mol. The average Bonchev–Trinajstić information content (AvgIpc) is 3.49. The first-order valence-corrected chi connectivity index (χ1v) is 13.8. The Labute approximate surface area is 205 Å². The summed E-state index contributed by atoms with van der Waals surface area (Å²) in [6.45, 7) is 0.449. The number of pyridine rings is 1. The molecular weight excluding hydrogens is 470 g/mol. The van der Waals surface area contributed by atoms with E-state index < -0.39 is 10.0 Å². The minimum absolute atomic E-state index is 0.0421. The largest absolute Gasteiger partial charge is 0.352 e. The number of amides is 1. The van der Waals surface area contributed by atoms with Crippen molar-refractivity contribution in [1.29, 1.82) is 0 Å². The van der Waals surface area contributed by atoms with Crippen LogP contribution >= 0.6 is 11.6 Å². The van der Waals surface area contributed by atoms with Crippen LogP contribution in [0.4, 0.5) is 0 Å². The molecule has 2 aromatic carbocycles. The van der Waals surface area contributed by atoms with E-state index in [1.165, 1.54) is 0 Å². The molecule has 0 aliphatic heterocycles. The number of aryl methyl sites for hydroxylation is 1. The molecule has 5 rings (SSSR count). The second-order valence-corrected chi connectivity index (χ2v) is 11.3. The molecule has 1 aromatic heterocycles. The smallest absolute Gasteiger partial charge is 0.252 e. The van der Waals surface area contributed by atoms with Crippen molar-refractivity contribution >= 4 is 38.4 Å². The number of benzene rings is 2. The van der Waals surface area contributed by atoms with E-state index >= 15 is 0 Å². The molecule has 2 N–H and O–H groups in total. The molecule has 0 radical (unpaired) electrons. The first-order chi connectivity index (χ1) is 16.4. The molecule has 1 saturated carbocycles. The minimum atomic E-state index is -3.50. The van der Waals surface area contributed by atoms with Gasteiger partial charge in [-0.25, -0.2) is 13.1 Å². The fourth-order valence-corrected chi connectivity index (χ4v) is 6.55. The SMILES string of the molecule is O=C(NCCc1ccc(S(=O)(=O)NC2CCCC2)cc1)c1c2c(nc3ccc(Cl)cc13)CCC2. The maximum Gasteiger partial charge on any atom is 0.252 e. The Bertz CT molecular complexity index is 1330. The first-order valence-electron chi connectivity index (χ1n) is 11.9. The van der Waals surface area contributed by atoms with E-state index in [0.29, 0.717) is 23.6 Å². The average molecular weight is 498 g/mol. The molecule has 1 fully saturated rings. The molecular formula is C26H28ClN3O3S. The van der Waals surface area contributed by atoms with Crippen LogP contribution in [0.3, 0.4) is 0 Å². The molecule has 0 saturated heterocycles. The van der Waals surface area contributed by atoms with Crippen molar-refractivity contribution in [3.8, 4) is 0 Å². The lowest BCUT2D eigenvalue weighted by atomic mass is 10.0. The number of carbonyl (C=O) groups is 1. The summed E-state index contributed by atoms with van der Waals surface area (Å²) in [5, 5.41) is 4.41. The van der Waals surface area contributed by atoms with Gasteiger partial charge in [-0.3, -0.25) is 9.78 Å². The highest BCUT2D eigenvalue weighted by molar-refractivity contribution is 7.89. The number of rotatable bonds is 7. The Kier molecular flexibility index (Phi) is 6.60. The summed E-state index contributed by atoms with van der Waals surface area (Å²) < 4.78 is 28.0. The molecule has 34 heavy (non-hydrogen) atoms. The van der Waals surface area contributed by atoms with Crippen molar-refractivity contribution in [1.82, 2.24) is 15.0 Å². The summed E-state index contributed by atoms with van der Waals surface area (Å²) in [5.74, 6) is -0.118. The molecule has 2 aliphatic carbocycles. The molecule has 0 bridgehead atoms. The highest BCUT2D eigenvalue weighted by atomic mass is 35.5. The number of fused-ring (bicyclic) bond motifs is 2. The first kappa shape index (κ1) is 23.3. The van der Waals surface area contributed by atoms with Gasteiger partial charge in [0.25, 0.3) is 5.91 Å². The van der Waals surface area contributed by atoms with E-state index in [2.05, 4.69) is 10.0 Å². The van der Waals surface area contributed by atoms with Gasteiger partial charge in [-0.1, -0.05) is 36.6 Å². The molecule has 2 aliphatic rings. The van der Waals surface area contributed by atoms with Gasteiger partial charge >= 0.3 is 0 Å². The van der Waals surface area contributed by atoms with Crippen LogP contribution in [0.25, 0.3) is 10.9 Å². The molecule has 178 valence electrons. The van der Waals surface area contributed by atoms with Crippen molar-refractivity contribution in [2.75, 3.05) is 6.54 Å². The van der Waals surface area contributed by atoms with Crippen LogP contribution in [0.5, 0.6) is 0 Å². The summed E-state index contributed by atoms with van der Waals surface area (Å²) in [5.41, 5.74) is 4.46. The zero-order valence-electron chi connectivity index (χ0n) is 18.9. The normalized spacial score (nSPS) is 16.1. The topological polar surface area (TPSA) is 88.2 Å². The van der Waals surface area contributed by atoms with Crippen LogP contribution in [0, 0.1) is 0 Å². The summed E-state index contributed by atoms with van der Waals surface area (Å²) >= 11 is 6.22. The van der Waals surface area contributed by atoms with Gasteiger partial charge < -0.3 is 5.32 Å². The minimum Gasteiger partial charge on any atom is -0.352 e. The molecule has 0 spiro atoms. The predicted octanol–water partition coefficient (Wildman–Crippen LogP) is 4.57. The number of hydrogen-bond donors (Lipinski definition) is 2. The van der Waals surface area contributed by atoms with Gasteiger partial charge in [0.05, 0.1) is 16.0 Å². The van der Waals surface area contributed by atoms with Crippen LogP contribution in [0.15, 0.2) is 47.4 Å². The van der Waals surface area contributed by atoms with Gasteiger partial charge in [0.1, 0.15) is 0 Å². The molecule has 0 unspecified atom stereocenters. The van der Waals surface area contributed by atoms with Crippen LogP contribution in [0.1, 0.15) is 59.3 Å². The van der Waals surface area contributed by atoms with Gasteiger partial charge in [-0.15, -0.1) is 0 Å². The number of aromatic nitrogens is 1. The van der Waals surface area contributed by atoms with Crippen LogP contribution in [-0.4, -0.2) is 31.9 Å². The van der Waals surface area contributed by atoms with Gasteiger partial charge in [0.2, 0.25) is 10.0 Å². The van der Waals surface area contributed by atoms with Crippen molar-refractivity contribution < 1.29 is 13.2 Å². The monoisotopic (exact) mass is 497 g/mol. The third kappa shape index (κ3) is 4.83. The van der Waals surface area contributed by atoms with Gasteiger partial charge in [-0.05, 0) is 80.0 Å². The number of hydrogen-bond acceptors (Lipinski definition) is 4. The third-order valence-corrected chi connectivity index (χ3v) is 8.58. The maximum absolute atomic E-state index is 13.2. The van der Waals surface area contributed by atoms with Crippen LogP contribution in [-0.2, 0) is 29.3 Å². The molecule has 3 aromatic rings. The summed E-state index contributed by atoms with van der Waals surface area (Å²) in [7, 11) is -3.50. The van der Waals surface area contributed by atoms with E-state index in [1.54, 1.807) is 18.2 Å². The Morgan fingerprint density at radius 1 is 1.03 bits per heavy atom. The highest BCUT2D eigenvalue weighted by Crippen LogP contribution is 2.31. The van der Waals surface area contributed by atoms with E-state index in [-0.39, 0.29) is 16.8 Å². The van der Waals surface area contributed by atoms with Gasteiger partial charge in [-0.2, -0.15) is 0 Å². The number of carbonyl (C=O) groups excluding carboxylic acids is 1. The second kappa shape index (κ2) is 9.64. The zero-order valence-corrected chi connectivity index (χ0v) is 20.5. The lowest BCUT2D eigenvalue weighted by Gasteiger charge is -2.14. The van der Waals surface area contributed by atoms with E-state index in [4.69, 9.17) is 16.6 Å². The Balaban J connectivity index is 1.26. The van der Waals surface area contributed by atoms with Crippen molar-refractivity contribution in [3.63, 3.8) is 0 Å². The number of nitrogens with one attached hydrogen (secondary N) is 2. The molecule has 6 nitrogen and oxygen atoms in total. The molecule has 8 heteroatoms. The zero-order chi connectivity index (χ0) is 23.7. The number of sulfonamides is 1. The third-order valence-electron chi connectivity index (χ3n) is 6.81. The Morgan fingerprint density at radius 2 is 1.79 bits per heavy atom.